The highest BCUT2D eigenvalue weighted by Crippen LogP contribution is 2.42. The molecule has 0 aromatic heterocycles. The van der Waals surface area contributed by atoms with E-state index >= 15 is 0 Å². The molecule has 0 saturated carbocycles. The van der Waals surface area contributed by atoms with Crippen molar-refractivity contribution in [2.24, 2.45) is 0 Å². The van der Waals surface area contributed by atoms with Crippen molar-refractivity contribution in [2.45, 2.75) is 56.6 Å². The van der Waals surface area contributed by atoms with Gasteiger partial charge in [0, 0.05) is 6.42 Å². The Labute approximate surface area is 95.6 Å². The summed E-state index contributed by atoms with van der Waals surface area (Å²) in [5.41, 5.74) is 0.213. The molecule has 16 heavy (non-hydrogen) atoms. The number of aliphatic hydroxyl groups is 1. The summed E-state index contributed by atoms with van der Waals surface area (Å²) in [5, 5.41) is 18.8. The molecule has 2 saturated heterocycles. The number of carbonyl (C=O) groups is 1. The number of aliphatic carboxylic acids is 1. The molecule has 2 aliphatic heterocycles. The van der Waals surface area contributed by atoms with Crippen LogP contribution in [0, 0.1) is 0 Å². The summed E-state index contributed by atoms with van der Waals surface area (Å²) in [5.74, 6) is -0.978. The second-order valence-corrected chi connectivity index (χ2v) is 8.68. The lowest BCUT2D eigenvalue weighted by molar-refractivity contribution is -0.146. The van der Waals surface area contributed by atoms with E-state index in [9.17, 15) is 9.90 Å². The highest BCUT2D eigenvalue weighted by molar-refractivity contribution is 6.69. The first-order valence-electron chi connectivity index (χ1n) is 5.71. The van der Waals surface area contributed by atoms with Gasteiger partial charge in [0.05, 0.1) is 12.2 Å². The van der Waals surface area contributed by atoms with Crippen molar-refractivity contribution in [3.63, 3.8) is 0 Å². The van der Waals surface area contributed by atoms with Crippen molar-refractivity contribution in [3.05, 3.63) is 0 Å². The minimum absolute atomic E-state index is 0.213. The van der Waals surface area contributed by atoms with E-state index in [-0.39, 0.29) is 5.54 Å². The molecule has 4 atom stereocenters. The number of carboxylic acids is 1. The second-order valence-electron chi connectivity index (χ2n) is 4.93. The van der Waals surface area contributed by atoms with Crippen LogP contribution in [0.4, 0.5) is 0 Å². The van der Waals surface area contributed by atoms with Crippen LogP contribution in [0.1, 0.15) is 26.7 Å². The second kappa shape index (κ2) is 4.10. The van der Waals surface area contributed by atoms with Crippen LogP contribution in [0.15, 0.2) is 0 Å². The predicted molar refractivity (Wildman–Crippen MR) is 58.3 cm³/mol. The van der Waals surface area contributed by atoms with Gasteiger partial charge >= 0.3 is 14.5 Å². The maximum atomic E-state index is 11.1. The van der Waals surface area contributed by atoms with Gasteiger partial charge in [-0.3, -0.25) is 0 Å². The molecule has 0 aromatic rings. The van der Waals surface area contributed by atoms with E-state index in [0.717, 1.165) is 0 Å². The van der Waals surface area contributed by atoms with Gasteiger partial charge in [-0.05, 0) is 18.0 Å². The number of rotatable bonds is 2. The average Bonchev–Trinajstić information content (AvgIpc) is 2.45. The van der Waals surface area contributed by atoms with Crippen LogP contribution < -0.4 is 0 Å². The molecular weight excluding hydrogens is 228 g/mol. The highest BCUT2D eigenvalue weighted by Gasteiger charge is 2.57. The largest absolute Gasteiger partial charge is 0.479 e. The highest BCUT2D eigenvalue weighted by atomic mass is 28.4. The van der Waals surface area contributed by atoms with Gasteiger partial charge in [0.2, 0.25) is 0 Å². The van der Waals surface area contributed by atoms with Gasteiger partial charge in [0.15, 0.2) is 6.10 Å². The van der Waals surface area contributed by atoms with Crippen LogP contribution in [-0.4, -0.2) is 43.1 Å². The zero-order valence-corrected chi connectivity index (χ0v) is 10.5. The lowest BCUT2D eigenvalue weighted by Gasteiger charge is -2.27. The maximum absolute atomic E-state index is 11.1. The molecular formula is C10H18O5Si. The summed E-state index contributed by atoms with van der Waals surface area (Å²) in [6.07, 6.45) is -0.775. The quantitative estimate of drug-likeness (QED) is 0.707. The molecule has 0 aromatic carbocycles. The molecule has 2 aliphatic rings. The Hall–Kier alpha value is -0.433. The normalized spacial score (nSPS) is 43.4. The predicted octanol–water partition coefficient (Wildman–Crippen LogP) is 0.862. The van der Waals surface area contributed by atoms with E-state index in [1.807, 2.05) is 13.8 Å². The fraction of sp³-hybridized carbons (Fsp3) is 0.900. The molecule has 6 heteroatoms. The molecule has 0 radical (unpaired) electrons. The molecule has 4 unspecified atom stereocenters. The monoisotopic (exact) mass is 246 g/mol. The van der Waals surface area contributed by atoms with Gasteiger partial charge in [0.25, 0.3) is 0 Å². The summed E-state index contributed by atoms with van der Waals surface area (Å²) in [6.45, 7) is 4.01. The Balaban J connectivity index is 2.25. The summed E-state index contributed by atoms with van der Waals surface area (Å²) >= 11 is 0. The zero-order chi connectivity index (χ0) is 11.9. The summed E-state index contributed by atoms with van der Waals surface area (Å²) in [6, 6.07) is 0.687. The first-order valence-corrected chi connectivity index (χ1v) is 7.81. The molecule has 2 fully saturated rings. The van der Waals surface area contributed by atoms with Crippen molar-refractivity contribution in [1.82, 2.24) is 0 Å². The van der Waals surface area contributed by atoms with Crippen molar-refractivity contribution in [1.29, 1.82) is 0 Å². The zero-order valence-electron chi connectivity index (χ0n) is 9.55. The first-order chi connectivity index (χ1) is 7.44. The molecule has 2 rings (SSSR count). The molecule has 5 nitrogen and oxygen atoms in total. The van der Waals surface area contributed by atoms with Crippen LogP contribution >= 0.6 is 0 Å². The van der Waals surface area contributed by atoms with Crippen molar-refractivity contribution in [2.75, 3.05) is 0 Å². The molecule has 0 spiro atoms. The molecule has 2 heterocycles. The average molecular weight is 246 g/mol. The number of hydrogen-bond acceptors (Lipinski definition) is 4. The van der Waals surface area contributed by atoms with E-state index in [1.165, 1.54) is 0 Å². The topological polar surface area (TPSA) is 76.0 Å². The molecule has 0 aliphatic carbocycles. The van der Waals surface area contributed by atoms with Gasteiger partial charge in [0.1, 0.15) is 0 Å². The van der Waals surface area contributed by atoms with Gasteiger partial charge in [-0.1, -0.05) is 13.8 Å². The maximum Gasteiger partial charge on any atom is 0.342 e. The van der Waals surface area contributed by atoms with E-state index in [4.69, 9.17) is 14.0 Å². The summed E-state index contributed by atoms with van der Waals surface area (Å²) in [4.78, 5) is 11.1. The van der Waals surface area contributed by atoms with Crippen LogP contribution in [0.5, 0.6) is 0 Å². The number of fused-ring (bicyclic) bond motifs is 2. The summed E-state index contributed by atoms with van der Waals surface area (Å²) in [7, 11) is -2.42. The van der Waals surface area contributed by atoms with Gasteiger partial charge in [-0.25, -0.2) is 4.79 Å². The first kappa shape index (κ1) is 12.0. The Bertz CT molecular complexity index is 295. The van der Waals surface area contributed by atoms with Crippen LogP contribution in [-0.2, 0) is 13.6 Å². The van der Waals surface area contributed by atoms with E-state index < -0.39 is 32.8 Å². The molecule has 2 N–H and O–H groups in total. The Morgan fingerprint density at radius 3 is 2.69 bits per heavy atom. The standard InChI is InChI=1S/C10H18O5Si/c1-6(2)16-4-3-7(11)5-8(14-16)9(15-16)10(12)13/h6-9,11H,3-5H2,1-2H3,(H,12,13). The number of hydrogen-bond donors (Lipinski definition) is 2. The van der Waals surface area contributed by atoms with Crippen molar-refractivity contribution >= 4 is 14.5 Å². The van der Waals surface area contributed by atoms with E-state index in [0.29, 0.717) is 18.9 Å². The third-order valence-electron chi connectivity index (χ3n) is 3.47. The lowest BCUT2D eigenvalue weighted by Crippen LogP contribution is -2.42. The molecule has 92 valence electrons. The third-order valence-corrected chi connectivity index (χ3v) is 7.57. The lowest BCUT2D eigenvalue weighted by atomic mass is 10.1. The van der Waals surface area contributed by atoms with Crippen molar-refractivity contribution < 1.29 is 23.9 Å². The van der Waals surface area contributed by atoms with Crippen LogP contribution in [0.3, 0.4) is 0 Å². The SMILES string of the molecule is CC(C)[Si]12CCC(O)CC(O1)C(C(=O)O)O2. The Kier molecular flexibility index (Phi) is 3.09. The molecule has 0 amide bonds. The number of aliphatic hydroxyl groups excluding tert-OH is 1. The van der Waals surface area contributed by atoms with Crippen LogP contribution in [0.25, 0.3) is 0 Å². The van der Waals surface area contributed by atoms with E-state index in [2.05, 4.69) is 0 Å². The fourth-order valence-electron chi connectivity index (χ4n) is 2.45. The third kappa shape index (κ3) is 1.90. The summed E-state index contributed by atoms with van der Waals surface area (Å²) < 4.78 is 11.6. The Morgan fingerprint density at radius 1 is 1.44 bits per heavy atom. The minimum atomic E-state index is -2.42. The smallest absolute Gasteiger partial charge is 0.342 e. The van der Waals surface area contributed by atoms with Gasteiger partial charge in [-0.15, -0.1) is 0 Å². The van der Waals surface area contributed by atoms with Crippen LogP contribution in [0.2, 0.25) is 11.6 Å². The van der Waals surface area contributed by atoms with Crippen molar-refractivity contribution in [3.8, 4) is 0 Å². The fourth-order valence-corrected chi connectivity index (χ4v) is 6.01. The van der Waals surface area contributed by atoms with Gasteiger partial charge < -0.3 is 19.1 Å². The van der Waals surface area contributed by atoms with Gasteiger partial charge in [-0.2, -0.15) is 0 Å². The van der Waals surface area contributed by atoms with E-state index in [1.54, 1.807) is 0 Å². The minimum Gasteiger partial charge on any atom is -0.479 e. The molecule has 2 bridgehead atoms. The number of carboxylic acid groups (broad SMARTS) is 1. The Morgan fingerprint density at radius 2 is 2.12 bits per heavy atom.